The van der Waals surface area contributed by atoms with E-state index < -0.39 is 0 Å². The number of ether oxygens (including phenoxy) is 1. The predicted molar refractivity (Wildman–Crippen MR) is 74.5 cm³/mol. The standard InChI is InChI=1S/C15H20ClNO/c1-17(2)14-5-3-4-8-15(14)10-11-9-12(16)6-7-13(11)18-15/h6-7,9,14H,3-5,8,10H2,1-2H3/t14-,15-/m0/s1. The van der Waals surface area contributed by atoms with Gasteiger partial charge in [0.05, 0.1) is 0 Å². The molecule has 2 aliphatic rings. The van der Waals surface area contributed by atoms with Gasteiger partial charge in [-0.15, -0.1) is 0 Å². The van der Waals surface area contributed by atoms with Crippen molar-refractivity contribution in [3.05, 3.63) is 28.8 Å². The minimum absolute atomic E-state index is 0.0191. The maximum Gasteiger partial charge on any atom is 0.129 e. The second-order valence-electron chi connectivity index (χ2n) is 5.82. The van der Waals surface area contributed by atoms with Crippen LogP contribution >= 0.6 is 11.6 Å². The molecule has 0 amide bonds. The summed E-state index contributed by atoms with van der Waals surface area (Å²) in [5.74, 6) is 1.04. The molecule has 18 heavy (non-hydrogen) atoms. The Hall–Kier alpha value is -0.730. The average molecular weight is 266 g/mol. The van der Waals surface area contributed by atoms with Crippen LogP contribution in [-0.4, -0.2) is 30.6 Å². The first-order chi connectivity index (χ1) is 8.61. The van der Waals surface area contributed by atoms with E-state index in [0.29, 0.717) is 6.04 Å². The fraction of sp³-hybridized carbons (Fsp3) is 0.600. The van der Waals surface area contributed by atoms with Gasteiger partial charge in [0.2, 0.25) is 0 Å². The van der Waals surface area contributed by atoms with Crippen molar-refractivity contribution in [1.29, 1.82) is 0 Å². The number of rotatable bonds is 1. The molecule has 1 aliphatic carbocycles. The number of halogens is 1. The summed E-state index contributed by atoms with van der Waals surface area (Å²) in [5.41, 5.74) is 1.26. The Kier molecular flexibility index (Phi) is 3.03. The van der Waals surface area contributed by atoms with E-state index in [2.05, 4.69) is 25.1 Å². The van der Waals surface area contributed by atoms with Gasteiger partial charge in [0.25, 0.3) is 0 Å². The summed E-state index contributed by atoms with van der Waals surface area (Å²) >= 11 is 6.08. The molecule has 0 unspecified atom stereocenters. The minimum atomic E-state index is -0.0191. The number of benzene rings is 1. The number of hydrogen-bond donors (Lipinski definition) is 0. The SMILES string of the molecule is CN(C)[C@H]1CCCC[C@]12Cc1cc(Cl)ccc1O2. The van der Waals surface area contributed by atoms with Gasteiger partial charge in [-0.1, -0.05) is 18.0 Å². The molecule has 2 nitrogen and oxygen atoms in total. The number of fused-ring (bicyclic) bond motifs is 1. The Balaban J connectivity index is 1.93. The fourth-order valence-corrected chi connectivity index (χ4v) is 3.80. The molecule has 1 fully saturated rings. The van der Waals surface area contributed by atoms with Gasteiger partial charge in [-0.2, -0.15) is 0 Å². The molecule has 0 aromatic heterocycles. The summed E-state index contributed by atoms with van der Waals surface area (Å²) in [4.78, 5) is 2.33. The Morgan fingerprint density at radius 1 is 1.33 bits per heavy atom. The fourth-order valence-electron chi connectivity index (χ4n) is 3.61. The summed E-state index contributed by atoms with van der Waals surface area (Å²) in [7, 11) is 4.33. The van der Waals surface area contributed by atoms with Gasteiger partial charge < -0.3 is 9.64 Å². The van der Waals surface area contributed by atoms with Gasteiger partial charge in [0, 0.05) is 17.5 Å². The van der Waals surface area contributed by atoms with Crippen LogP contribution in [-0.2, 0) is 6.42 Å². The summed E-state index contributed by atoms with van der Waals surface area (Å²) < 4.78 is 6.36. The monoisotopic (exact) mass is 265 g/mol. The van der Waals surface area contributed by atoms with E-state index in [0.717, 1.165) is 23.6 Å². The minimum Gasteiger partial charge on any atom is -0.485 e. The van der Waals surface area contributed by atoms with Gasteiger partial charge in [0.15, 0.2) is 0 Å². The smallest absolute Gasteiger partial charge is 0.129 e. The molecule has 1 aromatic carbocycles. The molecule has 1 saturated carbocycles. The van der Waals surface area contributed by atoms with Gasteiger partial charge in [-0.05, 0) is 57.1 Å². The lowest BCUT2D eigenvalue weighted by molar-refractivity contribution is -0.0222. The Morgan fingerprint density at radius 2 is 2.17 bits per heavy atom. The lowest BCUT2D eigenvalue weighted by Crippen LogP contribution is -2.55. The highest BCUT2D eigenvalue weighted by Crippen LogP contribution is 2.45. The maximum atomic E-state index is 6.36. The average Bonchev–Trinajstić information content (AvgIpc) is 2.66. The lowest BCUT2D eigenvalue weighted by Gasteiger charge is -2.44. The van der Waals surface area contributed by atoms with Gasteiger partial charge >= 0.3 is 0 Å². The number of likely N-dealkylation sites (N-methyl/N-ethyl adjacent to an activating group) is 1. The molecule has 1 spiro atoms. The molecule has 1 aromatic rings. The van der Waals surface area contributed by atoms with Gasteiger partial charge in [0.1, 0.15) is 11.4 Å². The highest BCUT2D eigenvalue weighted by Gasteiger charge is 2.48. The van der Waals surface area contributed by atoms with E-state index in [1.807, 2.05) is 12.1 Å². The lowest BCUT2D eigenvalue weighted by atomic mass is 9.77. The molecule has 1 heterocycles. The normalized spacial score (nSPS) is 30.6. The Bertz CT molecular complexity index is 460. The molecule has 98 valence electrons. The second kappa shape index (κ2) is 4.43. The number of nitrogens with zero attached hydrogens (tertiary/aromatic N) is 1. The van der Waals surface area contributed by atoms with Crippen molar-refractivity contribution >= 4 is 11.6 Å². The summed E-state index contributed by atoms with van der Waals surface area (Å²) in [5, 5.41) is 0.812. The van der Waals surface area contributed by atoms with Crippen molar-refractivity contribution in [2.75, 3.05) is 14.1 Å². The maximum absolute atomic E-state index is 6.36. The third-order valence-electron chi connectivity index (χ3n) is 4.38. The molecule has 0 radical (unpaired) electrons. The van der Waals surface area contributed by atoms with E-state index in [1.165, 1.54) is 24.8 Å². The molecule has 0 saturated heterocycles. The predicted octanol–water partition coefficient (Wildman–Crippen LogP) is 3.52. The van der Waals surface area contributed by atoms with E-state index in [1.54, 1.807) is 0 Å². The topological polar surface area (TPSA) is 12.5 Å². The Morgan fingerprint density at radius 3 is 2.94 bits per heavy atom. The van der Waals surface area contributed by atoms with Crippen LogP contribution in [0.1, 0.15) is 31.2 Å². The molecular formula is C15H20ClNO. The van der Waals surface area contributed by atoms with E-state index in [9.17, 15) is 0 Å². The van der Waals surface area contributed by atoms with Crippen molar-refractivity contribution in [1.82, 2.24) is 4.90 Å². The number of hydrogen-bond acceptors (Lipinski definition) is 2. The Labute approximate surface area is 114 Å². The molecule has 2 atom stereocenters. The largest absolute Gasteiger partial charge is 0.485 e. The van der Waals surface area contributed by atoms with Crippen LogP contribution in [0.2, 0.25) is 5.02 Å². The highest BCUT2D eigenvalue weighted by atomic mass is 35.5. The van der Waals surface area contributed by atoms with Crippen LogP contribution in [0.5, 0.6) is 5.75 Å². The van der Waals surface area contributed by atoms with Crippen LogP contribution in [0.4, 0.5) is 0 Å². The van der Waals surface area contributed by atoms with Crippen LogP contribution in [0, 0.1) is 0 Å². The zero-order chi connectivity index (χ0) is 12.8. The first-order valence-corrected chi connectivity index (χ1v) is 7.12. The zero-order valence-electron chi connectivity index (χ0n) is 11.1. The van der Waals surface area contributed by atoms with E-state index in [4.69, 9.17) is 16.3 Å². The van der Waals surface area contributed by atoms with Crippen molar-refractivity contribution in [3.63, 3.8) is 0 Å². The molecule has 0 N–H and O–H groups in total. The molecular weight excluding hydrogens is 246 g/mol. The molecule has 0 bridgehead atoms. The van der Waals surface area contributed by atoms with Crippen LogP contribution in [0.3, 0.4) is 0 Å². The van der Waals surface area contributed by atoms with Crippen LogP contribution in [0.15, 0.2) is 18.2 Å². The van der Waals surface area contributed by atoms with Crippen molar-refractivity contribution in [2.24, 2.45) is 0 Å². The first kappa shape index (κ1) is 12.3. The van der Waals surface area contributed by atoms with Crippen molar-refractivity contribution in [3.8, 4) is 5.75 Å². The van der Waals surface area contributed by atoms with Crippen LogP contribution < -0.4 is 4.74 Å². The van der Waals surface area contributed by atoms with Crippen molar-refractivity contribution in [2.45, 2.75) is 43.7 Å². The summed E-state index contributed by atoms with van der Waals surface area (Å²) in [6, 6.07) is 6.52. The molecule has 3 rings (SSSR count). The highest BCUT2D eigenvalue weighted by molar-refractivity contribution is 6.30. The third kappa shape index (κ3) is 1.92. The third-order valence-corrected chi connectivity index (χ3v) is 4.62. The van der Waals surface area contributed by atoms with E-state index in [-0.39, 0.29) is 5.60 Å². The van der Waals surface area contributed by atoms with Crippen LogP contribution in [0.25, 0.3) is 0 Å². The molecule has 3 heteroatoms. The van der Waals surface area contributed by atoms with E-state index >= 15 is 0 Å². The molecule has 1 aliphatic heterocycles. The summed E-state index contributed by atoms with van der Waals surface area (Å²) in [6.07, 6.45) is 5.97. The summed E-state index contributed by atoms with van der Waals surface area (Å²) in [6.45, 7) is 0. The zero-order valence-corrected chi connectivity index (χ0v) is 11.8. The first-order valence-electron chi connectivity index (χ1n) is 6.75. The second-order valence-corrected chi connectivity index (χ2v) is 6.26. The quantitative estimate of drug-likeness (QED) is 0.770. The van der Waals surface area contributed by atoms with Gasteiger partial charge in [-0.3, -0.25) is 0 Å². The van der Waals surface area contributed by atoms with Gasteiger partial charge in [-0.25, -0.2) is 0 Å². The van der Waals surface area contributed by atoms with Crippen molar-refractivity contribution < 1.29 is 4.74 Å².